The van der Waals surface area contributed by atoms with Crippen LogP contribution in [0.5, 0.6) is 5.75 Å². The fraction of sp³-hybridized carbons (Fsp3) is 0.538. The summed E-state index contributed by atoms with van der Waals surface area (Å²) in [6.07, 6.45) is 4.90. The third-order valence-electron chi connectivity index (χ3n) is 3.06. The second kappa shape index (κ2) is 7.36. The highest BCUT2D eigenvalue weighted by atomic mass is 79.9. The number of aromatic nitrogens is 1. The maximum Gasteiger partial charge on any atom is 0.255 e. The topological polar surface area (TPSA) is 62.2 Å². The smallest absolute Gasteiger partial charge is 0.255 e. The van der Waals surface area contributed by atoms with Crippen LogP contribution in [-0.2, 0) is 0 Å². The molecule has 0 aliphatic carbocycles. The number of aromatic hydroxyl groups is 1. The molecule has 1 amide bonds. The standard InChI is InChI=1S/C13H19BrN2O2/c1-3-9(4-2)11(14)7-16-13(18)10-5-6-15-8-12(10)17/h5-6,8-9,11,17H,3-4,7H2,1-2H3,(H,16,18). The van der Waals surface area contributed by atoms with E-state index in [9.17, 15) is 9.90 Å². The van der Waals surface area contributed by atoms with E-state index in [1.807, 2.05) is 0 Å². The lowest BCUT2D eigenvalue weighted by molar-refractivity contribution is 0.0949. The molecule has 5 heteroatoms. The summed E-state index contributed by atoms with van der Waals surface area (Å²) in [6, 6.07) is 1.50. The highest BCUT2D eigenvalue weighted by molar-refractivity contribution is 9.09. The van der Waals surface area contributed by atoms with Gasteiger partial charge in [0.1, 0.15) is 5.75 Å². The molecule has 1 rings (SSSR count). The minimum Gasteiger partial charge on any atom is -0.505 e. The van der Waals surface area contributed by atoms with Crippen LogP contribution in [0.25, 0.3) is 0 Å². The van der Waals surface area contributed by atoms with E-state index < -0.39 is 0 Å². The Kier molecular flexibility index (Phi) is 6.12. The molecule has 0 saturated heterocycles. The van der Waals surface area contributed by atoms with Crippen LogP contribution >= 0.6 is 15.9 Å². The molecular formula is C13H19BrN2O2. The first-order chi connectivity index (χ1) is 8.60. The summed E-state index contributed by atoms with van der Waals surface area (Å²) in [7, 11) is 0. The van der Waals surface area contributed by atoms with Crippen LogP contribution in [0.2, 0.25) is 0 Å². The monoisotopic (exact) mass is 314 g/mol. The number of amides is 1. The Hall–Kier alpha value is -1.10. The van der Waals surface area contributed by atoms with Gasteiger partial charge in [-0.1, -0.05) is 42.6 Å². The van der Waals surface area contributed by atoms with E-state index >= 15 is 0 Å². The van der Waals surface area contributed by atoms with Gasteiger partial charge in [0.25, 0.3) is 5.91 Å². The summed E-state index contributed by atoms with van der Waals surface area (Å²) in [5.41, 5.74) is 0.259. The summed E-state index contributed by atoms with van der Waals surface area (Å²) in [6.45, 7) is 4.82. The van der Waals surface area contributed by atoms with Crippen molar-refractivity contribution in [2.45, 2.75) is 31.5 Å². The molecule has 0 bridgehead atoms. The van der Waals surface area contributed by atoms with Gasteiger partial charge >= 0.3 is 0 Å². The van der Waals surface area contributed by atoms with Gasteiger partial charge in [-0.05, 0) is 12.0 Å². The Balaban J connectivity index is 2.54. The number of hydrogen-bond acceptors (Lipinski definition) is 3. The van der Waals surface area contributed by atoms with Crippen LogP contribution in [0, 0.1) is 5.92 Å². The highest BCUT2D eigenvalue weighted by Gasteiger charge is 2.17. The van der Waals surface area contributed by atoms with E-state index in [-0.39, 0.29) is 22.0 Å². The molecule has 0 radical (unpaired) electrons. The molecular weight excluding hydrogens is 296 g/mol. The number of nitrogens with one attached hydrogen (secondary N) is 1. The number of alkyl halides is 1. The first kappa shape index (κ1) is 15.0. The lowest BCUT2D eigenvalue weighted by atomic mass is 9.99. The van der Waals surface area contributed by atoms with Gasteiger partial charge in [-0.25, -0.2) is 0 Å². The van der Waals surface area contributed by atoms with E-state index in [1.165, 1.54) is 18.5 Å². The Morgan fingerprint density at radius 1 is 1.50 bits per heavy atom. The molecule has 0 aliphatic rings. The zero-order valence-electron chi connectivity index (χ0n) is 10.7. The van der Waals surface area contributed by atoms with Crippen molar-refractivity contribution >= 4 is 21.8 Å². The second-order valence-corrected chi connectivity index (χ2v) is 5.37. The average Bonchev–Trinajstić information content (AvgIpc) is 2.38. The summed E-state index contributed by atoms with van der Waals surface area (Å²) in [5, 5.41) is 12.3. The van der Waals surface area contributed by atoms with Crippen molar-refractivity contribution in [3.05, 3.63) is 24.0 Å². The van der Waals surface area contributed by atoms with Gasteiger partial charge in [-0.15, -0.1) is 0 Å². The Labute approximate surface area is 116 Å². The Morgan fingerprint density at radius 2 is 2.17 bits per heavy atom. The lowest BCUT2D eigenvalue weighted by Crippen LogP contribution is -2.32. The molecule has 2 N–H and O–H groups in total. The first-order valence-corrected chi connectivity index (χ1v) is 7.06. The van der Waals surface area contributed by atoms with Crippen molar-refractivity contribution in [1.29, 1.82) is 0 Å². The van der Waals surface area contributed by atoms with E-state index in [1.54, 1.807) is 0 Å². The number of hydrogen-bond donors (Lipinski definition) is 2. The van der Waals surface area contributed by atoms with Gasteiger partial charge < -0.3 is 10.4 Å². The Morgan fingerprint density at radius 3 is 2.72 bits per heavy atom. The highest BCUT2D eigenvalue weighted by Crippen LogP contribution is 2.20. The van der Waals surface area contributed by atoms with Gasteiger partial charge in [0.2, 0.25) is 0 Å². The minimum absolute atomic E-state index is 0.0938. The molecule has 0 aliphatic heterocycles. The molecule has 0 spiro atoms. The summed E-state index contributed by atoms with van der Waals surface area (Å²) >= 11 is 3.59. The van der Waals surface area contributed by atoms with Crippen molar-refractivity contribution < 1.29 is 9.90 Å². The molecule has 100 valence electrons. The zero-order chi connectivity index (χ0) is 13.5. The van der Waals surface area contributed by atoms with Crippen LogP contribution in [0.1, 0.15) is 37.0 Å². The van der Waals surface area contributed by atoms with Crippen molar-refractivity contribution in [3.63, 3.8) is 0 Å². The van der Waals surface area contributed by atoms with E-state index in [0.29, 0.717) is 12.5 Å². The summed E-state index contributed by atoms with van der Waals surface area (Å²) < 4.78 is 0. The number of pyridine rings is 1. The van der Waals surface area contributed by atoms with E-state index in [4.69, 9.17) is 0 Å². The number of halogens is 1. The van der Waals surface area contributed by atoms with Gasteiger partial charge in [0.05, 0.1) is 11.8 Å². The van der Waals surface area contributed by atoms with Crippen molar-refractivity contribution in [1.82, 2.24) is 10.3 Å². The first-order valence-electron chi connectivity index (χ1n) is 6.15. The lowest BCUT2D eigenvalue weighted by Gasteiger charge is -2.19. The van der Waals surface area contributed by atoms with Crippen molar-refractivity contribution in [2.24, 2.45) is 5.92 Å². The van der Waals surface area contributed by atoms with Crippen molar-refractivity contribution in [3.8, 4) is 5.75 Å². The average molecular weight is 315 g/mol. The SMILES string of the molecule is CCC(CC)C(Br)CNC(=O)c1ccncc1O. The fourth-order valence-corrected chi connectivity index (χ4v) is 2.74. The maximum absolute atomic E-state index is 11.8. The zero-order valence-corrected chi connectivity index (χ0v) is 12.3. The molecule has 1 unspecified atom stereocenters. The van der Waals surface area contributed by atoms with E-state index in [2.05, 4.69) is 40.1 Å². The predicted molar refractivity (Wildman–Crippen MR) is 75.0 cm³/mol. The normalized spacial score (nSPS) is 12.4. The van der Waals surface area contributed by atoms with Gasteiger partial charge in [0.15, 0.2) is 0 Å². The number of carbonyl (C=O) groups is 1. The summed E-state index contributed by atoms with van der Waals surface area (Å²) in [4.78, 5) is 15.8. The largest absolute Gasteiger partial charge is 0.505 e. The van der Waals surface area contributed by atoms with Crippen LogP contribution in [0.3, 0.4) is 0 Å². The van der Waals surface area contributed by atoms with Crippen LogP contribution in [0.4, 0.5) is 0 Å². The maximum atomic E-state index is 11.8. The van der Waals surface area contributed by atoms with Crippen LogP contribution in [-0.4, -0.2) is 27.4 Å². The molecule has 4 nitrogen and oxygen atoms in total. The van der Waals surface area contributed by atoms with Crippen LogP contribution < -0.4 is 5.32 Å². The van der Waals surface area contributed by atoms with Crippen LogP contribution in [0.15, 0.2) is 18.5 Å². The minimum atomic E-state index is -0.273. The molecule has 0 saturated carbocycles. The van der Waals surface area contributed by atoms with Crippen molar-refractivity contribution in [2.75, 3.05) is 6.54 Å². The van der Waals surface area contributed by atoms with Gasteiger partial charge in [-0.2, -0.15) is 0 Å². The quantitative estimate of drug-likeness (QED) is 0.794. The molecule has 18 heavy (non-hydrogen) atoms. The number of carbonyl (C=O) groups excluding carboxylic acids is 1. The van der Waals surface area contributed by atoms with Gasteiger partial charge in [0, 0.05) is 17.6 Å². The number of nitrogens with zero attached hydrogens (tertiary/aromatic N) is 1. The third-order valence-corrected chi connectivity index (χ3v) is 4.13. The number of rotatable bonds is 6. The second-order valence-electron chi connectivity index (χ2n) is 4.20. The third kappa shape index (κ3) is 3.98. The predicted octanol–water partition coefficient (Wildman–Crippen LogP) is 2.72. The molecule has 1 heterocycles. The van der Waals surface area contributed by atoms with E-state index in [0.717, 1.165) is 12.8 Å². The van der Waals surface area contributed by atoms with Gasteiger partial charge in [-0.3, -0.25) is 9.78 Å². The molecule has 1 atom stereocenters. The molecule has 0 fully saturated rings. The fourth-order valence-electron chi connectivity index (χ4n) is 1.83. The molecule has 1 aromatic heterocycles. The molecule has 0 aromatic carbocycles. The molecule has 1 aromatic rings. The Bertz CT molecular complexity index is 394. The summed E-state index contributed by atoms with van der Waals surface area (Å²) in [5.74, 6) is 0.172.